The summed E-state index contributed by atoms with van der Waals surface area (Å²) >= 11 is 3.16. The minimum atomic E-state index is -3.49. The maximum atomic E-state index is 13.8. The molecule has 27 heavy (non-hydrogen) atoms. The molecule has 1 aliphatic heterocycles. The number of hydrogen-bond donors (Lipinski definition) is 1. The normalized spacial score (nSPS) is 15.5. The van der Waals surface area contributed by atoms with Crippen molar-refractivity contribution in [1.29, 1.82) is 0 Å². The number of piperidine rings is 1. The molecule has 0 unspecified atom stereocenters. The second kappa shape index (κ2) is 8.50. The van der Waals surface area contributed by atoms with E-state index in [9.17, 15) is 17.6 Å². The van der Waals surface area contributed by atoms with Gasteiger partial charge in [-0.15, -0.1) is 0 Å². The predicted molar refractivity (Wildman–Crippen MR) is 105 cm³/mol. The largest absolute Gasteiger partial charge is 0.323 e. The maximum Gasteiger partial charge on any atom is 0.243 e. The third kappa shape index (κ3) is 4.94. The fraction of sp³-hybridized carbons (Fsp3) is 0.316. The highest BCUT2D eigenvalue weighted by molar-refractivity contribution is 9.10. The summed E-state index contributed by atoms with van der Waals surface area (Å²) in [7, 11) is -3.49. The van der Waals surface area contributed by atoms with Crippen molar-refractivity contribution < 1.29 is 17.6 Å². The molecule has 1 amide bonds. The number of sulfonamides is 1. The monoisotopic (exact) mass is 454 g/mol. The van der Waals surface area contributed by atoms with E-state index in [-0.39, 0.29) is 22.9 Å². The van der Waals surface area contributed by atoms with Crippen molar-refractivity contribution in [3.63, 3.8) is 0 Å². The molecule has 2 aromatic rings. The second-order valence-electron chi connectivity index (χ2n) is 6.46. The summed E-state index contributed by atoms with van der Waals surface area (Å²) in [5.41, 5.74) is 0.759. The Labute approximate surface area is 166 Å². The Kier molecular flexibility index (Phi) is 6.29. The third-order valence-electron chi connectivity index (χ3n) is 4.45. The number of amides is 1. The van der Waals surface area contributed by atoms with Crippen LogP contribution in [-0.4, -0.2) is 31.7 Å². The first kappa shape index (κ1) is 20.0. The predicted octanol–water partition coefficient (Wildman–Crippen LogP) is 3.94. The number of nitrogens with zero attached hydrogens (tertiary/aromatic N) is 1. The maximum absolute atomic E-state index is 13.8. The molecule has 8 heteroatoms. The van der Waals surface area contributed by atoms with Gasteiger partial charge in [0, 0.05) is 17.6 Å². The summed E-state index contributed by atoms with van der Waals surface area (Å²) in [5, 5.41) is 2.52. The van der Waals surface area contributed by atoms with Gasteiger partial charge >= 0.3 is 0 Å². The average molecular weight is 455 g/mol. The lowest BCUT2D eigenvalue weighted by atomic mass is 10.1. The van der Waals surface area contributed by atoms with Crippen LogP contribution in [-0.2, 0) is 21.2 Å². The minimum absolute atomic E-state index is 0.0273. The van der Waals surface area contributed by atoms with E-state index in [0.717, 1.165) is 19.3 Å². The summed E-state index contributed by atoms with van der Waals surface area (Å²) in [6, 6.07) is 10.7. The molecule has 1 N–H and O–H groups in total. The number of carbonyl (C=O) groups excluding carboxylic acids is 1. The third-order valence-corrected chi connectivity index (χ3v) is 6.85. The molecule has 1 aliphatic rings. The zero-order valence-corrected chi connectivity index (χ0v) is 17.0. The van der Waals surface area contributed by atoms with Gasteiger partial charge in [-0.25, -0.2) is 12.8 Å². The molecule has 2 aromatic carbocycles. The van der Waals surface area contributed by atoms with Crippen LogP contribution in [0.5, 0.6) is 0 Å². The molecule has 1 heterocycles. The first-order valence-corrected chi connectivity index (χ1v) is 10.9. The van der Waals surface area contributed by atoms with Crippen LogP contribution in [0.2, 0.25) is 0 Å². The van der Waals surface area contributed by atoms with Gasteiger partial charge in [0.05, 0.1) is 17.0 Å². The summed E-state index contributed by atoms with van der Waals surface area (Å²) in [6.07, 6.45) is 2.84. The smallest absolute Gasteiger partial charge is 0.243 e. The van der Waals surface area contributed by atoms with Gasteiger partial charge in [0.1, 0.15) is 5.82 Å². The number of hydrogen-bond acceptors (Lipinski definition) is 3. The first-order chi connectivity index (χ1) is 12.9. The zero-order chi connectivity index (χ0) is 19.4. The fourth-order valence-electron chi connectivity index (χ4n) is 3.00. The average Bonchev–Trinajstić information content (AvgIpc) is 2.65. The molecule has 5 nitrogen and oxygen atoms in total. The van der Waals surface area contributed by atoms with Gasteiger partial charge in [-0.3, -0.25) is 4.79 Å². The lowest BCUT2D eigenvalue weighted by molar-refractivity contribution is -0.115. The van der Waals surface area contributed by atoms with Gasteiger partial charge in [0.25, 0.3) is 0 Å². The van der Waals surface area contributed by atoms with Gasteiger partial charge in [-0.05, 0) is 48.7 Å². The number of benzene rings is 2. The Morgan fingerprint density at radius 1 is 1.07 bits per heavy atom. The highest BCUT2D eigenvalue weighted by atomic mass is 79.9. The van der Waals surface area contributed by atoms with Crippen molar-refractivity contribution >= 4 is 37.5 Å². The molecule has 0 atom stereocenters. The molecule has 1 fully saturated rings. The van der Waals surface area contributed by atoms with E-state index < -0.39 is 15.8 Å². The molecule has 0 bridgehead atoms. The minimum Gasteiger partial charge on any atom is -0.323 e. The van der Waals surface area contributed by atoms with Gasteiger partial charge in [0.2, 0.25) is 15.9 Å². The molecule has 0 saturated carbocycles. The number of nitrogens with one attached hydrogen (secondary N) is 1. The van der Waals surface area contributed by atoms with Crippen molar-refractivity contribution in [2.24, 2.45) is 0 Å². The second-order valence-corrected chi connectivity index (χ2v) is 9.31. The van der Waals surface area contributed by atoms with E-state index in [4.69, 9.17) is 0 Å². The Hall–Kier alpha value is -1.77. The van der Waals surface area contributed by atoms with Gasteiger partial charge in [-0.2, -0.15) is 4.31 Å². The standard InChI is InChI=1S/C19H20BrFN2O3S/c20-15-6-9-18(17(21)13-15)22-19(24)12-14-4-7-16(8-5-14)27(25,26)23-10-2-1-3-11-23/h4-9,13H,1-3,10-12H2,(H,22,24). The van der Waals surface area contributed by atoms with Crippen molar-refractivity contribution in [3.8, 4) is 0 Å². The zero-order valence-electron chi connectivity index (χ0n) is 14.6. The highest BCUT2D eigenvalue weighted by Gasteiger charge is 2.25. The van der Waals surface area contributed by atoms with Crippen LogP contribution in [0.15, 0.2) is 51.8 Å². The van der Waals surface area contributed by atoms with E-state index in [2.05, 4.69) is 21.2 Å². The van der Waals surface area contributed by atoms with Crippen molar-refractivity contribution in [2.75, 3.05) is 18.4 Å². The number of rotatable bonds is 5. The van der Waals surface area contributed by atoms with Crippen LogP contribution in [0.1, 0.15) is 24.8 Å². The first-order valence-electron chi connectivity index (χ1n) is 8.70. The van der Waals surface area contributed by atoms with Crippen molar-refractivity contribution in [1.82, 2.24) is 4.31 Å². The Bertz CT molecular complexity index is 926. The molecular formula is C19H20BrFN2O3S. The lowest BCUT2D eigenvalue weighted by Crippen LogP contribution is -2.35. The van der Waals surface area contributed by atoms with Crippen LogP contribution < -0.4 is 5.32 Å². The summed E-state index contributed by atoms with van der Waals surface area (Å²) < 4.78 is 41.1. The van der Waals surface area contributed by atoms with Crippen LogP contribution in [0.25, 0.3) is 0 Å². The van der Waals surface area contributed by atoms with Gasteiger partial charge in [-0.1, -0.05) is 34.5 Å². The van der Waals surface area contributed by atoms with E-state index in [1.54, 1.807) is 18.2 Å². The molecule has 0 aromatic heterocycles. The fourth-order valence-corrected chi connectivity index (χ4v) is 4.85. The van der Waals surface area contributed by atoms with Crippen LogP contribution in [0, 0.1) is 5.82 Å². The van der Waals surface area contributed by atoms with E-state index in [1.165, 1.54) is 28.6 Å². The molecule has 0 spiro atoms. The van der Waals surface area contributed by atoms with Gasteiger partial charge in [0.15, 0.2) is 0 Å². The molecule has 144 valence electrons. The summed E-state index contributed by atoms with van der Waals surface area (Å²) in [4.78, 5) is 12.4. The van der Waals surface area contributed by atoms with Crippen molar-refractivity contribution in [3.05, 3.63) is 58.3 Å². The topological polar surface area (TPSA) is 66.5 Å². The summed E-state index contributed by atoms with van der Waals surface area (Å²) in [6.45, 7) is 1.09. The molecular weight excluding hydrogens is 435 g/mol. The van der Waals surface area contributed by atoms with Gasteiger partial charge < -0.3 is 5.32 Å². The molecule has 3 rings (SSSR count). The lowest BCUT2D eigenvalue weighted by Gasteiger charge is -2.25. The number of anilines is 1. The quantitative estimate of drug-likeness (QED) is 0.743. The summed E-state index contributed by atoms with van der Waals surface area (Å²) in [5.74, 6) is -0.899. The Balaban J connectivity index is 1.65. The highest BCUT2D eigenvalue weighted by Crippen LogP contribution is 2.22. The molecule has 0 aliphatic carbocycles. The van der Waals surface area contributed by atoms with E-state index >= 15 is 0 Å². The Morgan fingerprint density at radius 2 is 1.74 bits per heavy atom. The van der Waals surface area contributed by atoms with Crippen LogP contribution in [0.4, 0.5) is 10.1 Å². The van der Waals surface area contributed by atoms with Crippen LogP contribution in [0.3, 0.4) is 0 Å². The number of halogens is 2. The number of carbonyl (C=O) groups is 1. The van der Waals surface area contributed by atoms with Crippen LogP contribution >= 0.6 is 15.9 Å². The van der Waals surface area contributed by atoms with Crippen molar-refractivity contribution in [2.45, 2.75) is 30.6 Å². The molecule has 1 saturated heterocycles. The van der Waals surface area contributed by atoms with E-state index in [0.29, 0.717) is 23.1 Å². The Morgan fingerprint density at radius 3 is 2.37 bits per heavy atom. The molecule has 0 radical (unpaired) electrons. The van der Waals surface area contributed by atoms with E-state index in [1.807, 2.05) is 0 Å². The SMILES string of the molecule is O=C(Cc1ccc(S(=O)(=O)N2CCCCC2)cc1)Nc1ccc(Br)cc1F.